The molecule has 0 aliphatic rings. The molecule has 152 valence electrons. The van der Waals surface area contributed by atoms with E-state index in [1.54, 1.807) is 55.4 Å². The first-order chi connectivity index (χ1) is 14.1. The number of carbonyl (C=O) groups is 1. The lowest BCUT2D eigenvalue weighted by atomic mass is 10.3. The quantitative estimate of drug-likeness (QED) is 0.523. The molecule has 1 N–H and O–H groups in total. The molecule has 3 aromatic rings. The number of benzene rings is 1. The van der Waals surface area contributed by atoms with Crippen molar-refractivity contribution in [1.29, 1.82) is 0 Å². The van der Waals surface area contributed by atoms with Crippen LogP contribution >= 0.6 is 11.8 Å². The lowest BCUT2D eigenvalue weighted by Crippen LogP contribution is -2.20. The van der Waals surface area contributed by atoms with E-state index in [0.29, 0.717) is 33.8 Å². The summed E-state index contributed by atoms with van der Waals surface area (Å²) in [6.45, 7) is -0.174. The van der Waals surface area contributed by atoms with Crippen LogP contribution < -0.4 is 19.5 Å². The third kappa shape index (κ3) is 5.57. The maximum atomic E-state index is 12.2. The smallest absolute Gasteiger partial charge is 0.262 e. The van der Waals surface area contributed by atoms with Gasteiger partial charge in [-0.25, -0.2) is 4.68 Å². The van der Waals surface area contributed by atoms with E-state index in [0.717, 1.165) is 5.69 Å². The van der Waals surface area contributed by atoms with E-state index < -0.39 is 0 Å². The van der Waals surface area contributed by atoms with Crippen LogP contribution in [0.1, 0.15) is 5.69 Å². The van der Waals surface area contributed by atoms with E-state index >= 15 is 0 Å². The highest BCUT2D eigenvalue weighted by molar-refractivity contribution is 7.98. The summed E-state index contributed by atoms with van der Waals surface area (Å²) >= 11 is 1.44. The van der Waals surface area contributed by atoms with Crippen molar-refractivity contribution in [3.8, 4) is 17.2 Å². The van der Waals surface area contributed by atoms with E-state index in [9.17, 15) is 4.79 Å². The predicted molar refractivity (Wildman–Crippen MR) is 106 cm³/mol. The molecule has 3 rings (SSSR count). The molecule has 11 heteroatoms. The Hall–Kier alpha value is -3.34. The number of aryl methyl sites for hydroxylation is 1. The van der Waals surface area contributed by atoms with Gasteiger partial charge in [-0.15, -0.1) is 5.10 Å². The molecule has 0 saturated heterocycles. The van der Waals surface area contributed by atoms with Crippen LogP contribution in [0.4, 0.5) is 5.69 Å². The van der Waals surface area contributed by atoms with Crippen molar-refractivity contribution in [3.05, 3.63) is 42.2 Å². The van der Waals surface area contributed by atoms with Crippen molar-refractivity contribution in [2.75, 3.05) is 26.1 Å². The molecule has 0 aliphatic carbocycles. The molecule has 2 aromatic heterocycles. The SMILES string of the molecule is COc1ccc(NC(=O)COc2cc(CSc3nnnn3C)ncc2OC)cc1. The van der Waals surface area contributed by atoms with Crippen LogP contribution in [-0.4, -0.2) is 51.9 Å². The fraction of sp³-hybridized carbons (Fsp3) is 0.278. The van der Waals surface area contributed by atoms with Crippen molar-refractivity contribution in [1.82, 2.24) is 25.2 Å². The van der Waals surface area contributed by atoms with Crippen molar-refractivity contribution < 1.29 is 19.0 Å². The molecule has 0 aliphatic heterocycles. The summed E-state index contributed by atoms with van der Waals surface area (Å²) in [5, 5.41) is 14.7. The molecular formula is C18H20N6O4S. The third-order valence-corrected chi connectivity index (χ3v) is 4.82. The van der Waals surface area contributed by atoms with Crippen molar-refractivity contribution in [2.45, 2.75) is 10.9 Å². The minimum Gasteiger partial charge on any atom is -0.497 e. The summed E-state index contributed by atoms with van der Waals surface area (Å²) in [5.41, 5.74) is 1.39. The Morgan fingerprint density at radius 2 is 1.97 bits per heavy atom. The topological polar surface area (TPSA) is 113 Å². The standard InChI is InChI=1S/C18H20N6O4S/c1-24-18(21-22-23-24)29-11-13-8-15(16(27-3)9-19-13)28-10-17(25)20-12-4-6-14(26-2)7-5-12/h4-9H,10-11H2,1-3H3,(H,20,25). The minimum absolute atomic E-state index is 0.174. The van der Waals surface area contributed by atoms with Gasteiger partial charge in [0.05, 0.1) is 26.1 Å². The number of nitrogens with one attached hydrogen (secondary N) is 1. The van der Waals surface area contributed by atoms with E-state index in [4.69, 9.17) is 14.2 Å². The second-order valence-corrected chi connectivity index (χ2v) is 6.71. The molecule has 1 aromatic carbocycles. The van der Waals surface area contributed by atoms with Gasteiger partial charge in [0.1, 0.15) is 5.75 Å². The summed E-state index contributed by atoms with van der Waals surface area (Å²) in [6.07, 6.45) is 1.56. The molecule has 0 unspecified atom stereocenters. The normalized spacial score (nSPS) is 10.4. The molecule has 1 amide bonds. The van der Waals surface area contributed by atoms with Crippen LogP contribution in [0.25, 0.3) is 0 Å². The molecule has 29 heavy (non-hydrogen) atoms. The van der Waals surface area contributed by atoms with Crippen molar-refractivity contribution in [2.24, 2.45) is 7.05 Å². The van der Waals surface area contributed by atoms with Gasteiger partial charge >= 0.3 is 0 Å². The number of pyridine rings is 1. The zero-order valence-electron chi connectivity index (χ0n) is 16.2. The second-order valence-electron chi connectivity index (χ2n) is 5.77. The Bertz CT molecular complexity index is 963. The van der Waals surface area contributed by atoms with E-state index in [1.165, 1.54) is 18.9 Å². The number of hydrogen-bond acceptors (Lipinski definition) is 9. The minimum atomic E-state index is -0.296. The summed E-state index contributed by atoms with van der Waals surface area (Å²) in [5.74, 6) is 1.82. The number of aromatic nitrogens is 5. The Kier molecular flexibility index (Phi) is 6.85. The van der Waals surface area contributed by atoms with Crippen LogP contribution in [0.15, 0.2) is 41.7 Å². The van der Waals surface area contributed by atoms with Gasteiger partial charge in [0, 0.05) is 24.6 Å². The summed E-state index contributed by atoms with van der Waals surface area (Å²) in [4.78, 5) is 16.5. The highest BCUT2D eigenvalue weighted by atomic mass is 32.2. The summed E-state index contributed by atoms with van der Waals surface area (Å²) in [7, 11) is 4.86. The van der Waals surface area contributed by atoms with Crippen LogP contribution in [0.3, 0.4) is 0 Å². The first-order valence-electron chi connectivity index (χ1n) is 8.54. The van der Waals surface area contributed by atoms with Crippen LogP contribution in [0, 0.1) is 0 Å². The third-order valence-electron chi connectivity index (χ3n) is 3.77. The zero-order valence-corrected chi connectivity index (χ0v) is 17.0. The number of ether oxygens (including phenoxy) is 3. The van der Waals surface area contributed by atoms with Crippen LogP contribution in [0.5, 0.6) is 17.2 Å². The van der Waals surface area contributed by atoms with Gasteiger partial charge in [0.25, 0.3) is 5.91 Å². The average Bonchev–Trinajstić information content (AvgIpc) is 3.16. The molecule has 0 bridgehead atoms. The van der Waals surface area contributed by atoms with E-state index in [1.807, 2.05) is 0 Å². The largest absolute Gasteiger partial charge is 0.497 e. The number of carbonyl (C=O) groups excluding carboxylic acids is 1. The predicted octanol–water partition coefficient (Wildman–Crippen LogP) is 1.93. The molecule has 0 radical (unpaired) electrons. The van der Waals surface area contributed by atoms with Crippen molar-refractivity contribution >= 4 is 23.4 Å². The Labute approximate surface area is 171 Å². The highest BCUT2D eigenvalue weighted by Crippen LogP contribution is 2.29. The fourth-order valence-electron chi connectivity index (χ4n) is 2.31. The number of amides is 1. The van der Waals surface area contributed by atoms with Gasteiger partial charge in [0.15, 0.2) is 18.1 Å². The number of tetrazole rings is 1. The van der Waals surface area contributed by atoms with Gasteiger partial charge in [-0.05, 0) is 34.7 Å². The highest BCUT2D eigenvalue weighted by Gasteiger charge is 2.12. The van der Waals surface area contributed by atoms with Gasteiger partial charge in [-0.2, -0.15) is 0 Å². The molecule has 0 saturated carbocycles. The molecule has 2 heterocycles. The first kappa shape index (κ1) is 20.4. The average molecular weight is 416 g/mol. The fourth-order valence-corrected chi connectivity index (χ4v) is 3.06. The number of rotatable bonds is 9. The maximum absolute atomic E-state index is 12.2. The molecular weight excluding hydrogens is 396 g/mol. The van der Waals surface area contributed by atoms with Gasteiger partial charge in [0.2, 0.25) is 5.16 Å². The second kappa shape index (κ2) is 9.73. The number of anilines is 1. The van der Waals surface area contributed by atoms with E-state index in [-0.39, 0.29) is 12.5 Å². The number of methoxy groups -OCH3 is 2. The number of nitrogens with zero attached hydrogens (tertiary/aromatic N) is 5. The molecule has 0 spiro atoms. The maximum Gasteiger partial charge on any atom is 0.262 e. The van der Waals surface area contributed by atoms with E-state index in [2.05, 4.69) is 25.8 Å². The Morgan fingerprint density at radius 3 is 2.62 bits per heavy atom. The molecule has 0 atom stereocenters. The summed E-state index contributed by atoms with van der Waals surface area (Å²) < 4.78 is 17.6. The first-order valence-corrected chi connectivity index (χ1v) is 9.52. The number of hydrogen-bond donors (Lipinski definition) is 1. The lowest BCUT2D eigenvalue weighted by molar-refractivity contribution is -0.118. The lowest BCUT2D eigenvalue weighted by Gasteiger charge is -2.12. The van der Waals surface area contributed by atoms with Crippen molar-refractivity contribution in [3.63, 3.8) is 0 Å². The molecule has 10 nitrogen and oxygen atoms in total. The Balaban J connectivity index is 1.59. The van der Waals surface area contributed by atoms with Crippen LogP contribution in [-0.2, 0) is 17.6 Å². The number of thioether (sulfide) groups is 1. The van der Waals surface area contributed by atoms with Gasteiger partial charge < -0.3 is 19.5 Å². The van der Waals surface area contributed by atoms with Crippen LogP contribution in [0.2, 0.25) is 0 Å². The molecule has 0 fully saturated rings. The zero-order chi connectivity index (χ0) is 20.6. The summed E-state index contributed by atoms with van der Waals surface area (Å²) in [6, 6.07) is 8.76. The monoisotopic (exact) mass is 416 g/mol. The van der Waals surface area contributed by atoms with Gasteiger partial charge in [-0.3, -0.25) is 9.78 Å². The Morgan fingerprint density at radius 1 is 1.17 bits per heavy atom. The van der Waals surface area contributed by atoms with Gasteiger partial charge in [-0.1, -0.05) is 11.8 Å².